The Hall–Kier alpha value is -0.850. The minimum absolute atomic E-state index is 0.163. The summed E-state index contributed by atoms with van der Waals surface area (Å²) in [6.45, 7) is 3.75. The molecule has 0 aliphatic rings. The summed E-state index contributed by atoms with van der Waals surface area (Å²) < 4.78 is 0. The molecule has 0 saturated carbocycles. The van der Waals surface area contributed by atoms with Crippen LogP contribution in [0, 0.1) is 0 Å². The van der Waals surface area contributed by atoms with E-state index in [4.69, 9.17) is 0 Å². The van der Waals surface area contributed by atoms with E-state index >= 15 is 0 Å². The molecule has 0 aromatic heterocycles. The van der Waals surface area contributed by atoms with E-state index in [1.54, 1.807) is 12.2 Å². The molecule has 1 nitrogen and oxygen atoms in total. The fourth-order valence-electron chi connectivity index (χ4n) is 0.488. The molecular formula is C8H12O. The average molecular weight is 124 g/mol. The molecule has 0 spiro atoms. The molecule has 0 saturated heterocycles. The summed E-state index contributed by atoms with van der Waals surface area (Å²) in [6.07, 6.45) is 7.59. The molecule has 0 N–H and O–H groups in total. The zero-order chi connectivity index (χ0) is 7.11. The van der Waals surface area contributed by atoms with E-state index in [2.05, 4.69) is 0 Å². The van der Waals surface area contributed by atoms with Gasteiger partial charge in [0.25, 0.3) is 0 Å². The first-order chi connectivity index (χ1) is 4.31. The Bertz CT molecular complexity index is 132. The van der Waals surface area contributed by atoms with Crippen LogP contribution in [0.5, 0.6) is 0 Å². The number of rotatable bonds is 3. The van der Waals surface area contributed by atoms with Gasteiger partial charge in [0.15, 0.2) is 5.78 Å². The van der Waals surface area contributed by atoms with Crippen LogP contribution in [0.2, 0.25) is 0 Å². The molecular weight excluding hydrogens is 112 g/mol. The lowest BCUT2D eigenvalue weighted by atomic mass is 10.2. The van der Waals surface area contributed by atoms with Gasteiger partial charge in [-0.2, -0.15) is 0 Å². The monoisotopic (exact) mass is 124 g/mol. The highest BCUT2D eigenvalue weighted by Crippen LogP contribution is 1.86. The number of allylic oxidation sites excluding steroid dienone is 4. The lowest BCUT2D eigenvalue weighted by Gasteiger charge is -1.82. The van der Waals surface area contributed by atoms with Crippen LogP contribution in [-0.2, 0) is 4.79 Å². The van der Waals surface area contributed by atoms with Crippen LogP contribution in [0.15, 0.2) is 24.3 Å². The van der Waals surface area contributed by atoms with Crippen LogP contribution < -0.4 is 0 Å². The predicted octanol–water partition coefficient (Wildman–Crippen LogP) is 2.10. The number of carbonyl (C=O) groups is 1. The Kier molecular flexibility index (Phi) is 4.79. The Labute approximate surface area is 56.1 Å². The second-order valence-corrected chi connectivity index (χ2v) is 1.74. The van der Waals surface area contributed by atoms with Crippen molar-refractivity contribution in [3.05, 3.63) is 24.3 Å². The second-order valence-electron chi connectivity index (χ2n) is 1.74. The van der Waals surface area contributed by atoms with Gasteiger partial charge >= 0.3 is 0 Å². The quantitative estimate of drug-likeness (QED) is 0.416. The zero-order valence-electron chi connectivity index (χ0n) is 5.92. The molecule has 0 aromatic rings. The maximum absolute atomic E-state index is 10.7. The van der Waals surface area contributed by atoms with Crippen molar-refractivity contribution in [2.24, 2.45) is 0 Å². The molecule has 0 bridgehead atoms. The lowest BCUT2D eigenvalue weighted by molar-refractivity contribution is -0.113. The SMILES string of the molecule is C/C=C/CC(=O)/C=C/C. The van der Waals surface area contributed by atoms with Crippen LogP contribution in [-0.4, -0.2) is 5.78 Å². The number of hydrogen-bond donors (Lipinski definition) is 0. The largest absolute Gasteiger partial charge is 0.295 e. The highest BCUT2D eigenvalue weighted by molar-refractivity contribution is 5.90. The molecule has 1 heteroatoms. The van der Waals surface area contributed by atoms with Gasteiger partial charge in [-0.05, 0) is 19.9 Å². The van der Waals surface area contributed by atoms with Gasteiger partial charge < -0.3 is 0 Å². The molecule has 0 amide bonds. The molecule has 9 heavy (non-hydrogen) atoms. The third kappa shape index (κ3) is 5.01. The van der Waals surface area contributed by atoms with Gasteiger partial charge in [-0.25, -0.2) is 0 Å². The molecule has 0 aliphatic heterocycles. The maximum Gasteiger partial charge on any atom is 0.159 e. The number of carbonyl (C=O) groups excluding carboxylic acids is 1. The van der Waals surface area contributed by atoms with Gasteiger partial charge in [0, 0.05) is 6.42 Å². The number of hydrogen-bond acceptors (Lipinski definition) is 1. The highest BCUT2D eigenvalue weighted by Gasteiger charge is 1.87. The summed E-state index contributed by atoms with van der Waals surface area (Å²) in [5.41, 5.74) is 0. The van der Waals surface area contributed by atoms with Crippen molar-refractivity contribution in [3.63, 3.8) is 0 Å². The zero-order valence-corrected chi connectivity index (χ0v) is 5.92. The lowest BCUT2D eigenvalue weighted by Crippen LogP contribution is -1.86. The highest BCUT2D eigenvalue weighted by atomic mass is 16.1. The molecule has 0 heterocycles. The first kappa shape index (κ1) is 8.15. The predicted molar refractivity (Wildman–Crippen MR) is 39.3 cm³/mol. The molecule has 0 unspecified atom stereocenters. The minimum atomic E-state index is 0.163. The van der Waals surface area contributed by atoms with Crippen molar-refractivity contribution in [2.75, 3.05) is 0 Å². The van der Waals surface area contributed by atoms with Crippen LogP contribution in [0.3, 0.4) is 0 Å². The molecule has 0 atom stereocenters. The summed E-state index contributed by atoms with van der Waals surface area (Å²) in [6, 6.07) is 0. The van der Waals surface area contributed by atoms with Crippen molar-refractivity contribution < 1.29 is 4.79 Å². The molecule has 0 aliphatic carbocycles. The van der Waals surface area contributed by atoms with E-state index in [0.717, 1.165) is 0 Å². The van der Waals surface area contributed by atoms with Crippen LogP contribution >= 0.6 is 0 Å². The summed E-state index contributed by atoms with van der Waals surface area (Å²) >= 11 is 0. The Morgan fingerprint density at radius 2 is 2.00 bits per heavy atom. The summed E-state index contributed by atoms with van der Waals surface area (Å²) in [5, 5.41) is 0. The van der Waals surface area contributed by atoms with Crippen molar-refractivity contribution in [2.45, 2.75) is 20.3 Å². The topological polar surface area (TPSA) is 17.1 Å². The normalized spacial score (nSPS) is 11.3. The van der Waals surface area contributed by atoms with Crippen molar-refractivity contribution in [3.8, 4) is 0 Å². The third-order valence-electron chi connectivity index (χ3n) is 0.907. The van der Waals surface area contributed by atoms with E-state index in [1.165, 1.54) is 0 Å². The first-order valence-electron chi connectivity index (χ1n) is 3.08. The van der Waals surface area contributed by atoms with Gasteiger partial charge in [-0.15, -0.1) is 0 Å². The Morgan fingerprint density at radius 3 is 2.44 bits per heavy atom. The van der Waals surface area contributed by atoms with E-state index < -0.39 is 0 Å². The van der Waals surface area contributed by atoms with E-state index in [9.17, 15) is 4.79 Å². The molecule has 0 fully saturated rings. The second kappa shape index (κ2) is 5.29. The standard InChI is InChI=1S/C8H12O/c1-3-5-7-8(9)6-4-2/h3-6H,7H2,1-2H3/b5-3+,6-4+. The maximum atomic E-state index is 10.7. The summed E-state index contributed by atoms with van der Waals surface area (Å²) in [5.74, 6) is 0.163. The van der Waals surface area contributed by atoms with Crippen LogP contribution in [0.1, 0.15) is 20.3 Å². The smallest absolute Gasteiger partial charge is 0.159 e. The summed E-state index contributed by atoms with van der Waals surface area (Å²) in [7, 11) is 0. The van der Waals surface area contributed by atoms with Gasteiger partial charge in [0.05, 0.1) is 0 Å². The van der Waals surface area contributed by atoms with Crippen molar-refractivity contribution in [1.82, 2.24) is 0 Å². The van der Waals surface area contributed by atoms with Crippen LogP contribution in [0.25, 0.3) is 0 Å². The number of ketones is 1. The minimum Gasteiger partial charge on any atom is -0.295 e. The van der Waals surface area contributed by atoms with Gasteiger partial charge in [0.1, 0.15) is 0 Å². The van der Waals surface area contributed by atoms with Crippen molar-refractivity contribution in [1.29, 1.82) is 0 Å². The van der Waals surface area contributed by atoms with E-state index in [0.29, 0.717) is 6.42 Å². The fraction of sp³-hybridized carbons (Fsp3) is 0.375. The average Bonchev–Trinajstić information content (AvgIpc) is 1.85. The van der Waals surface area contributed by atoms with E-state index in [-0.39, 0.29) is 5.78 Å². The van der Waals surface area contributed by atoms with Gasteiger partial charge in [-0.3, -0.25) is 4.79 Å². The fourth-order valence-corrected chi connectivity index (χ4v) is 0.488. The Balaban J connectivity index is 3.51. The summed E-state index contributed by atoms with van der Waals surface area (Å²) in [4.78, 5) is 10.7. The first-order valence-corrected chi connectivity index (χ1v) is 3.08. The van der Waals surface area contributed by atoms with Crippen molar-refractivity contribution >= 4 is 5.78 Å². The molecule has 0 rings (SSSR count). The molecule has 0 radical (unpaired) electrons. The van der Waals surface area contributed by atoms with E-state index in [1.807, 2.05) is 26.0 Å². The van der Waals surface area contributed by atoms with Gasteiger partial charge in [-0.1, -0.05) is 18.2 Å². The van der Waals surface area contributed by atoms with Crippen LogP contribution in [0.4, 0.5) is 0 Å². The van der Waals surface area contributed by atoms with Gasteiger partial charge in [0.2, 0.25) is 0 Å². The molecule has 0 aromatic carbocycles. The Morgan fingerprint density at radius 1 is 1.33 bits per heavy atom. The molecule has 50 valence electrons. The third-order valence-corrected chi connectivity index (χ3v) is 0.907.